The van der Waals surface area contributed by atoms with Gasteiger partial charge in [0.05, 0.1) is 5.41 Å². The molecule has 0 spiro atoms. The summed E-state index contributed by atoms with van der Waals surface area (Å²) in [7, 11) is 0. The molecule has 0 amide bonds. The normalized spacial score (nSPS) is 16.0. The van der Waals surface area contributed by atoms with Crippen molar-refractivity contribution in [2.45, 2.75) is 111 Å². The van der Waals surface area contributed by atoms with E-state index in [2.05, 4.69) is 27.7 Å². The van der Waals surface area contributed by atoms with Gasteiger partial charge in [0, 0.05) is 6.42 Å². The first kappa shape index (κ1) is 24.9. The molecule has 0 saturated heterocycles. The van der Waals surface area contributed by atoms with E-state index in [0.29, 0.717) is 37.5 Å². The first-order valence-electron chi connectivity index (χ1n) is 10.7. The van der Waals surface area contributed by atoms with Crippen LogP contribution in [-0.4, -0.2) is 22.2 Å². The molecule has 2 N–H and O–H groups in total. The minimum absolute atomic E-state index is 0.0590. The lowest BCUT2D eigenvalue weighted by Crippen LogP contribution is -2.35. The number of hydrogen-bond donors (Lipinski definition) is 2. The summed E-state index contributed by atoms with van der Waals surface area (Å²) < 4.78 is 0. The molecule has 2 unspecified atom stereocenters. The Hall–Kier alpha value is -1.06. The Morgan fingerprint density at radius 2 is 1.27 bits per heavy atom. The lowest BCUT2D eigenvalue weighted by atomic mass is 9.69. The summed E-state index contributed by atoms with van der Waals surface area (Å²) in [5.41, 5.74) is -0.771. The Balaban J connectivity index is 5.03. The van der Waals surface area contributed by atoms with Crippen LogP contribution in [0.15, 0.2) is 0 Å². The molecule has 0 bridgehead atoms. The summed E-state index contributed by atoms with van der Waals surface area (Å²) in [4.78, 5) is 23.2. The van der Waals surface area contributed by atoms with Crippen LogP contribution in [-0.2, 0) is 9.59 Å². The fourth-order valence-electron chi connectivity index (χ4n) is 4.17. The summed E-state index contributed by atoms with van der Waals surface area (Å²) >= 11 is 0. The molecule has 0 aromatic heterocycles. The van der Waals surface area contributed by atoms with Crippen LogP contribution in [0.4, 0.5) is 0 Å². The van der Waals surface area contributed by atoms with Gasteiger partial charge in [0.2, 0.25) is 0 Å². The molecule has 0 saturated carbocycles. The zero-order valence-electron chi connectivity index (χ0n) is 17.6. The standard InChI is InChI=1S/C22H42O4/c1-5-7-9-12-18(3)16-22(21(25)26,15-11-14-20(23)24)17-19(4)13-10-8-6-2/h18-19H,5-17H2,1-4H3,(H,23,24)(H,25,26). The van der Waals surface area contributed by atoms with Crippen molar-refractivity contribution >= 4 is 11.9 Å². The Labute approximate surface area is 160 Å². The van der Waals surface area contributed by atoms with Gasteiger partial charge in [-0.25, -0.2) is 0 Å². The molecule has 0 rings (SSSR count). The summed E-state index contributed by atoms with van der Waals surface area (Å²) in [5, 5.41) is 19.0. The highest BCUT2D eigenvalue weighted by molar-refractivity contribution is 5.75. The smallest absolute Gasteiger partial charge is 0.309 e. The molecule has 4 heteroatoms. The topological polar surface area (TPSA) is 74.6 Å². The number of carbonyl (C=O) groups is 2. The van der Waals surface area contributed by atoms with Crippen LogP contribution in [0.3, 0.4) is 0 Å². The van der Waals surface area contributed by atoms with Gasteiger partial charge in [0.1, 0.15) is 0 Å². The molecule has 0 aliphatic rings. The SMILES string of the molecule is CCCCCC(C)CC(CCCC(=O)O)(CC(C)CCCCC)C(=O)O. The maximum atomic E-state index is 12.3. The molecular formula is C22H42O4. The molecule has 4 nitrogen and oxygen atoms in total. The van der Waals surface area contributed by atoms with Gasteiger partial charge in [0.25, 0.3) is 0 Å². The molecule has 2 atom stereocenters. The molecule has 0 fully saturated rings. The van der Waals surface area contributed by atoms with Crippen LogP contribution in [0, 0.1) is 17.3 Å². The van der Waals surface area contributed by atoms with Gasteiger partial charge in [-0.2, -0.15) is 0 Å². The number of carboxylic acid groups (broad SMARTS) is 2. The fraction of sp³-hybridized carbons (Fsp3) is 0.909. The number of unbranched alkanes of at least 4 members (excludes halogenated alkanes) is 4. The van der Waals surface area contributed by atoms with Crippen molar-refractivity contribution < 1.29 is 19.8 Å². The molecule has 0 radical (unpaired) electrons. The minimum atomic E-state index is -0.837. The second-order valence-corrected chi connectivity index (χ2v) is 8.44. The Morgan fingerprint density at radius 3 is 1.62 bits per heavy atom. The highest BCUT2D eigenvalue weighted by Gasteiger charge is 2.40. The van der Waals surface area contributed by atoms with Gasteiger partial charge in [-0.3, -0.25) is 9.59 Å². The average Bonchev–Trinajstić information content (AvgIpc) is 2.54. The van der Waals surface area contributed by atoms with Gasteiger partial charge in [0.15, 0.2) is 0 Å². The third-order valence-electron chi connectivity index (χ3n) is 5.58. The number of carboxylic acids is 2. The first-order valence-corrected chi connectivity index (χ1v) is 10.7. The second-order valence-electron chi connectivity index (χ2n) is 8.44. The maximum Gasteiger partial charge on any atom is 0.309 e. The Bertz CT molecular complexity index is 374. The molecule has 154 valence electrons. The highest BCUT2D eigenvalue weighted by Crippen LogP contribution is 2.41. The van der Waals surface area contributed by atoms with Crippen molar-refractivity contribution in [1.29, 1.82) is 0 Å². The molecule has 0 aliphatic heterocycles. The van der Waals surface area contributed by atoms with Crippen molar-refractivity contribution in [1.82, 2.24) is 0 Å². The third-order valence-corrected chi connectivity index (χ3v) is 5.58. The lowest BCUT2D eigenvalue weighted by molar-refractivity contribution is -0.153. The van der Waals surface area contributed by atoms with E-state index in [1.54, 1.807) is 0 Å². The predicted molar refractivity (Wildman–Crippen MR) is 107 cm³/mol. The van der Waals surface area contributed by atoms with Crippen molar-refractivity contribution in [3.8, 4) is 0 Å². The van der Waals surface area contributed by atoms with Crippen LogP contribution in [0.1, 0.15) is 111 Å². The molecular weight excluding hydrogens is 328 g/mol. The van der Waals surface area contributed by atoms with Crippen LogP contribution in [0.25, 0.3) is 0 Å². The van der Waals surface area contributed by atoms with Crippen molar-refractivity contribution in [2.24, 2.45) is 17.3 Å². The molecule has 0 aromatic rings. The van der Waals surface area contributed by atoms with E-state index in [-0.39, 0.29) is 6.42 Å². The van der Waals surface area contributed by atoms with Crippen molar-refractivity contribution in [2.75, 3.05) is 0 Å². The van der Waals surface area contributed by atoms with Gasteiger partial charge in [-0.1, -0.05) is 79.1 Å². The molecule has 0 aliphatic carbocycles. The third kappa shape index (κ3) is 10.8. The van der Waals surface area contributed by atoms with Crippen molar-refractivity contribution in [3.63, 3.8) is 0 Å². The van der Waals surface area contributed by atoms with Crippen LogP contribution in [0.5, 0.6) is 0 Å². The van der Waals surface area contributed by atoms with E-state index in [4.69, 9.17) is 5.11 Å². The average molecular weight is 371 g/mol. The van der Waals surface area contributed by atoms with E-state index >= 15 is 0 Å². The Kier molecular flexibility index (Phi) is 13.5. The van der Waals surface area contributed by atoms with E-state index in [0.717, 1.165) is 25.7 Å². The number of hydrogen-bond acceptors (Lipinski definition) is 2. The first-order chi connectivity index (χ1) is 12.3. The molecule has 0 aromatic carbocycles. The van der Waals surface area contributed by atoms with Gasteiger partial charge < -0.3 is 10.2 Å². The van der Waals surface area contributed by atoms with E-state index in [1.165, 1.54) is 25.7 Å². The van der Waals surface area contributed by atoms with Crippen LogP contribution < -0.4 is 0 Å². The predicted octanol–water partition coefficient (Wildman–Crippen LogP) is 6.53. The maximum absolute atomic E-state index is 12.3. The highest BCUT2D eigenvalue weighted by atomic mass is 16.4. The van der Waals surface area contributed by atoms with E-state index in [9.17, 15) is 14.7 Å². The van der Waals surface area contributed by atoms with Crippen LogP contribution in [0.2, 0.25) is 0 Å². The summed E-state index contributed by atoms with van der Waals surface area (Å²) in [5.74, 6) is -0.834. The minimum Gasteiger partial charge on any atom is -0.481 e. The summed E-state index contributed by atoms with van der Waals surface area (Å²) in [6.45, 7) is 8.67. The zero-order chi connectivity index (χ0) is 20.0. The van der Waals surface area contributed by atoms with Gasteiger partial charge in [-0.15, -0.1) is 0 Å². The van der Waals surface area contributed by atoms with E-state index < -0.39 is 17.4 Å². The quantitative estimate of drug-likeness (QED) is 0.286. The summed E-state index contributed by atoms with van der Waals surface area (Å²) in [6.07, 6.45) is 11.5. The van der Waals surface area contributed by atoms with Crippen molar-refractivity contribution in [3.05, 3.63) is 0 Å². The monoisotopic (exact) mass is 370 g/mol. The fourth-order valence-corrected chi connectivity index (χ4v) is 4.17. The summed E-state index contributed by atoms with van der Waals surface area (Å²) in [6, 6.07) is 0. The largest absolute Gasteiger partial charge is 0.481 e. The Morgan fingerprint density at radius 1 is 0.808 bits per heavy atom. The lowest BCUT2D eigenvalue weighted by Gasteiger charge is -2.34. The number of aliphatic carboxylic acids is 2. The van der Waals surface area contributed by atoms with E-state index in [1.807, 2.05) is 0 Å². The van der Waals surface area contributed by atoms with Gasteiger partial charge in [-0.05, 0) is 37.5 Å². The second kappa shape index (κ2) is 14.1. The van der Waals surface area contributed by atoms with Gasteiger partial charge >= 0.3 is 11.9 Å². The number of rotatable bonds is 17. The zero-order valence-corrected chi connectivity index (χ0v) is 17.6. The molecule has 0 heterocycles. The van der Waals surface area contributed by atoms with Crippen LogP contribution >= 0.6 is 0 Å². The molecule has 26 heavy (non-hydrogen) atoms.